The Morgan fingerprint density at radius 1 is 1.18 bits per heavy atom. The molecule has 28 heavy (non-hydrogen) atoms. The molecule has 1 aromatic carbocycles. The number of imidazole rings is 2. The molecule has 4 rings (SSSR count). The molecule has 0 N–H and O–H groups in total. The Labute approximate surface area is 170 Å². The SMILES string of the molecule is CC[C@H](C)n1c(C)cn2c3c(=O)n(Cc4ccc(Br)cc4)c(=O)n(C)c3nc12. The van der Waals surface area contributed by atoms with Crippen molar-refractivity contribution in [1.82, 2.24) is 23.1 Å². The summed E-state index contributed by atoms with van der Waals surface area (Å²) < 4.78 is 7.61. The molecule has 0 fully saturated rings. The van der Waals surface area contributed by atoms with Gasteiger partial charge < -0.3 is 4.57 Å². The number of hydrogen-bond acceptors (Lipinski definition) is 3. The van der Waals surface area contributed by atoms with Gasteiger partial charge in [-0.3, -0.25) is 18.3 Å². The van der Waals surface area contributed by atoms with Crippen LogP contribution < -0.4 is 11.2 Å². The first kappa shape index (κ1) is 18.7. The third kappa shape index (κ3) is 2.74. The zero-order chi connectivity index (χ0) is 20.2. The minimum Gasteiger partial charge on any atom is -0.311 e. The lowest BCUT2D eigenvalue weighted by Crippen LogP contribution is -2.39. The standard InChI is InChI=1S/C20H22BrN5O2/c1-5-12(2)26-13(3)10-24-16-17(22-19(24)26)23(4)20(28)25(18(16)27)11-14-6-8-15(21)9-7-14/h6-10,12H,5,11H2,1-4H3/t12-/m0/s1. The third-order valence-corrected chi connectivity index (χ3v) is 5.88. The van der Waals surface area contributed by atoms with Gasteiger partial charge in [-0.2, -0.15) is 4.98 Å². The van der Waals surface area contributed by atoms with Crippen molar-refractivity contribution in [2.45, 2.75) is 39.8 Å². The Kier molecular flexibility index (Phi) is 4.53. The molecule has 7 nitrogen and oxygen atoms in total. The van der Waals surface area contributed by atoms with E-state index in [9.17, 15) is 9.59 Å². The van der Waals surface area contributed by atoms with Gasteiger partial charge in [0.25, 0.3) is 5.56 Å². The molecular weight excluding hydrogens is 422 g/mol. The minimum absolute atomic E-state index is 0.215. The number of halogens is 1. The first-order valence-corrected chi connectivity index (χ1v) is 10.1. The molecule has 0 aliphatic carbocycles. The zero-order valence-corrected chi connectivity index (χ0v) is 17.9. The molecule has 0 saturated heterocycles. The molecule has 146 valence electrons. The number of fused-ring (bicyclic) bond motifs is 3. The highest BCUT2D eigenvalue weighted by Gasteiger charge is 2.21. The van der Waals surface area contributed by atoms with E-state index in [-0.39, 0.29) is 23.8 Å². The molecule has 8 heteroatoms. The molecule has 4 aromatic rings. The predicted molar refractivity (Wildman–Crippen MR) is 113 cm³/mol. The average molecular weight is 444 g/mol. The summed E-state index contributed by atoms with van der Waals surface area (Å²) in [6.07, 6.45) is 2.87. The van der Waals surface area contributed by atoms with E-state index in [1.54, 1.807) is 7.05 Å². The molecule has 0 aliphatic heterocycles. The molecule has 0 spiro atoms. The summed E-state index contributed by atoms with van der Waals surface area (Å²) in [6.45, 7) is 6.46. The second-order valence-electron chi connectivity index (χ2n) is 7.21. The minimum atomic E-state index is -0.368. The lowest BCUT2D eigenvalue weighted by molar-refractivity contribution is 0.532. The number of benzene rings is 1. The Bertz CT molecular complexity index is 1310. The molecule has 0 aliphatic rings. The molecule has 0 radical (unpaired) electrons. The lowest BCUT2D eigenvalue weighted by atomic mass is 10.2. The average Bonchev–Trinajstić information content (AvgIpc) is 3.19. The van der Waals surface area contributed by atoms with Gasteiger partial charge >= 0.3 is 5.69 Å². The van der Waals surface area contributed by atoms with E-state index in [1.165, 1.54) is 9.13 Å². The van der Waals surface area contributed by atoms with Crippen molar-refractivity contribution < 1.29 is 0 Å². The number of aromatic nitrogens is 5. The van der Waals surface area contributed by atoms with Gasteiger partial charge in [-0.15, -0.1) is 0 Å². The Morgan fingerprint density at radius 2 is 1.86 bits per heavy atom. The summed E-state index contributed by atoms with van der Waals surface area (Å²) in [5, 5.41) is 0. The van der Waals surface area contributed by atoms with E-state index in [1.807, 2.05) is 41.8 Å². The van der Waals surface area contributed by atoms with Gasteiger partial charge in [0.15, 0.2) is 11.2 Å². The summed E-state index contributed by atoms with van der Waals surface area (Å²) in [6, 6.07) is 7.84. The van der Waals surface area contributed by atoms with Crippen LogP contribution in [0.15, 0.2) is 44.5 Å². The predicted octanol–water partition coefficient (Wildman–Crippen LogP) is 3.24. The number of hydrogen-bond donors (Lipinski definition) is 0. The van der Waals surface area contributed by atoms with Crippen molar-refractivity contribution in [2.75, 3.05) is 0 Å². The fourth-order valence-corrected chi connectivity index (χ4v) is 3.93. The van der Waals surface area contributed by atoms with Gasteiger partial charge in [0, 0.05) is 29.5 Å². The molecule has 0 saturated carbocycles. The van der Waals surface area contributed by atoms with Crippen LogP contribution in [0.4, 0.5) is 0 Å². The van der Waals surface area contributed by atoms with E-state index in [0.717, 1.165) is 22.2 Å². The van der Waals surface area contributed by atoms with Crippen molar-refractivity contribution in [3.8, 4) is 0 Å². The highest BCUT2D eigenvalue weighted by atomic mass is 79.9. The normalized spacial score (nSPS) is 12.9. The summed E-state index contributed by atoms with van der Waals surface area (Å²) in [4.78, 5) is 30.8. The van der Waals surface area contributed by atoms with E-state index in [4.69, 9.17) is 0 Å². The number of aryl methyl sites for hydroxylation is 2. The Morgan fingerprint density at radius 3 is 2.50 bits per heavy atom. The van der Waals surface area contributed by atoms with E-state index in [2.05, 4.69) is 39.3 Å². The maximum Gasteiger partial charge on any atom is 0.332 e. The second kappa shape index (κ2) is 6.77. The highest BCUT2D eigenvalue weighted by Crippen LogP contribution is 2.22. The van der Waals surface area contributed by atoms with Gasteiger partial charge in [-0.25, -0.2) is 4.79 Å². The van der Waals surface area contributed by atoms with Crippen LogP contribution in [0, 0.1) is 6.92 Å². The van der Waals surface area contributed by atoms with E-state index < -0.39 is 0 Å². The lowest BCUT2D eigenvalue weighted by Gasteiger charge is -2.12. The fourth-order valence-electron chi connectivity index (χ4n) is 3.67. The maximum absolute atomic E-state index is 13.3. The number of rotatable bonds is 4. The molecule has 0 unspecified atom stereocenters. The largest absolute Gasteiger partial charge is 0.332 e. The van der Waals surface area contributed by atoms with Gasteiger partial charge in [0.1, 0.15) is 0 Å². The van der Waals surface area contributed by atoms with Crippen LogP contribution in [0.5, 0.6) is 0 Å². The summed E-state index contributed by atoms with van der Waals surface area (Å²) >= 11 is 3.40. The van der Waals surface area contributed by atoms with Crippen molar-refractivity contribution in [2.24, 2.45) is 7.05 Å². The van der Waals surface area contributed by atoms with Crippen LogP contribution in [-0.4, -0.2) is 23.1 Å². The van der Waals surface area contributed by atoms with Gasteiger partial charge in [0.05, 0.1) is 6.54 Å². The van der Waals surface area contributed by atoms with Gasteiger partial charge in [-0.1, -0.05) is 35.0 Å². The topological polar surface area (TPSA) is 66.2 Å². The molecule has 0 bridgehead atoms. The van der Waals surface area contributed by atoms with Crippen LogP contribution in [0.1, 0.15) is 37.6 Å². The first-order valence-electron chi connectivity index (χ1n) is 9.27. The second-order valence-corrected chi connectivity index (χ2v) is 8.13. The van der Waals surface area contributed by atoms with Crippen LogP contribution >= 0.6 is 15.9 Å². The van der Waals surface area contributed by atoms with Crippen LogP contribution in [0.2, 0.25) is 0 Å². The van der Waals surface area contributed by atoms with Crippen molar-refractivity contribution in [1.29, 1.82) is 0 Å². The summed E-state index contributed by atoms with van der Waals surface area (Å²) in [7, 11) is 1.66. The van der Waals surface area contributed by atoms with Gasteiger partial charge in [-0.05, 0) is 38.0 Å². The van der Waals surface area contributed by atoms with Crippen LogP contribution in [0.3, 0.4) is 0 Å². The molecular formula is C20H22BrN5O2. The zero-order valence-electron chi connectivity index (χ0n) is 16.3. The third-order valence-electron chi connectivity index (χ3n) is 5.35. The summed E-state index contributed by atoms with van der Waals surface area (Å²) in [5.74, 6) is 0.690. The molecule has 3 heterocycles. The smallest absolute Gasteiger partial charge is 0.311 e. The number of nitrogens with zero attached hydrogens (tertiary/aromatic N) is 5. The Hall–Kier alpha value is -2.61. The van der Waals surface area contributed by atoms with E-state index >= 15 is 0 Å². The Balaban J connectivity index is 2.00. The maximum atomic E-state index is 13.3. The molecule has 0 amide bonds. The molecule has 1 atom stereocenters. The van der Waals surface area contributed by atoms with Crippen LogP contribution in [-0.2, 0) is 13.6 Å². The molecule has 3 aromatic heterocycles. The summed E-state index contributed by atoms with van der Waals surface area (Å²) in [5.41, 5.74) is 2.07. The fraction of sp³-hybridized carbons (Fsp3) is 0.350. The monoisotopic (exact) mass is 443 g/mol. The van der Waals surface area contributed by atoms with Crippen molar-refractivity contribution in [3.63, 3.8) is 0 Å². The van der Waals surface area contributed by atoms with Gasteiger partial charge in [0.2, 0.25) is 5.78 Å². The van der Waals surface area contributed by atoms with Crippen LogP contribution in [0.25, 0.3) is 16.9 Å². The van der Waals surface area contributed by atoms with E-state index in [0.29, 0.717) is 16.9 Å². The quantitative estimate of drug-likeness (QED) is 0.486. The first-order chi connectivity index (χ1) is 13.3. The highest BCUT2D eigenvalue weighted by molar-refractivity contribution is 9.10. The van der Waals surface area contributed by atoms with Crippen molar-refractivity contribution in [3.05, 3.63) is 67.0 Å². The van der Waals surface area contributed by atoms with Crippen molar-refractivity contribution >= 4 is 32.9 Å².